The molecule has 22 heavy (non-hydrogen) atoms. The van der Waals surface area contributed by atoms with Gasteiger partial charge in [0.25, 0.3) is 5.91 Å². The van der Waals surface area contributed by atoms with Crippen molar-refractivity contribution in [3.8, 4) is 5.75 Å². The van der Waals surface area contributed by atoms with E-state index in [1.807, 2.05) is 13.8 Å². The zero-order valence-electron chi connectivity index (χ0n) is 14.0. The number of ether oxygens (including phenoxy) is 2. The Hall–Kier alpha value is -2.04. The number of rotatable bonds is 7. The lowest BCUT2D eigenvalue weighted by molar-refractivity contribution is -0.145. The van der Waals surface area contributed by atoms with E-state index in [2.05, 4.69) is 0 Å². The number of hydrogen-bond acceptors (Lipinski definition) is 4. The van der Waals surface area contributed by atoms with Crippen LogP contribution in [0, 0.1) is 11.8 Å². The summed E-state index contributed by atoms with van der Waals surface area (Å²) >= 11 is 0. The van der Waals surface area contributed by atoms with Crippen molar-refractivity contribution in [1.82, 2.24) is 4.90 Å². The fourth-order valence-electron chi connectivity index (χ4n) is 2.23. The van der Waals surface area contributed by atoms with E-state index >= 15 is 0 Å². The lowest BCUT2D eigenvalue weighted by Crippen LogP contribution is -2.39. The molecular weight excluding hydrogens is 282 g/mol. The molecule has 0 spiro atoms. The molecule has 0 saturated heterocycles. The third-order valence-corrected chi connectivity index (χ3v) is 3.29. The Bertz CT molecular complexity index is 513. The maximum atomic E-state index is 12.7. The fourth-order valence-corrected chi connectivity index (χ4v) is 2.23. The molecule has 5 nitrogen and oxygen atoms in total. The van der Waals surface area contributed by atoms with Crippen molar-refractivity contribution in [3.05, 3.63) is 29.8 Å². The zero-order chi connectivity index (χ0) is 16.7. The average Bonchev–Trinajstić information content (AvgIpc) is 2.52. The van der Waals surface area contributed by atoms with E-state index in [-0.39, 0.29) is 17.8 Å². The van der Waals surface area contributed by atoms with Gasteiger partial charge < -0.3 is 14.4 Å². The van der Waals surface area contributed by atoms with Gasteiger partial charge in [-0.15, -0.1) is 0 Å². The number of nitrogens with zero attached hydrogens (tertiary/aromatic N) is 1. The molecule has 0 fully saturated rings. The Morgan fingerprint density at radius 1 is 1.14 bits per heavy atom. The molecule has 1 amide bonds. The number of carbonyl (C=O) groups excluding carboxylic acids is 2. The highest BCUT2D eigenvalue weighted by molar-refractivity contribution is 5.94. The predicted molar refractivity (Wildman–Crippen MR) is 84.9 cm³/mol. The largest absolute Gasteiger partial charge is 0.497 e. The highest BCUT2D eigenvalue weighted by Gasteiger charge is 2.23. The first-order valence-corrected chi connectivity index (χ1v) is 7.40. The smallest absolute Gasteiger partial charge is 0.310 e. The second kappa shape index (κ2) is 8.41. The van der Waals surface area contributed by atoms with Crippen LogP contribution >= 0.6 is 0 Å². The summed E-state index contributed by atoms with van der Waals surface area (Å²) in [4.78, 5) is 26.0. The molecule has 1 atom stereocenters. The van der Waals surface area contributed by atoms with Crippen molar-refractivity contribution in [2.75, 3.05) is 27.3 Å². The van der Waals surface area contributed by atoms with Gasteiger partial charge in [0, 0.05) is 18.7 Å². The Morgan fingerprint density at radius 3 is 2.36 bits per heavy atom. The first-order chi connectivity index (χ1) is 10.4. The van der Waals surface area contributed by atoms with E-state index in [0.717, 1.165) is 0 Å². The molecule has 0 heterocycles. The fraction of sp³-hybridized carbons (Fsp3) is 0.529. The van der Waals surface area contributed by atoms with Crippen molar-refractivity contribution in [2.24, 2.45) is 11.8 Å². The Morgan fingerprint density at radius 2 is 1.82 bits per heavy atom. The van der Waals surface area contributed by atoms with Crippen LogP contribution in [0.5, 0.6) is 5.75 Å². The predicted octanol–water partition coefficient (Wildman–Crippen LogP) is 2.60. The van der Waals surface area contributed by atoms with Gasteiger partial charge in [0.2, 0.25) is 0 Å². The van der Waals surface area contributed by atoms with Crippen molar-refractivity contribution in [1.29, 1.82) is 0 Å². The van der Waals surface area contributed by atoms with Crippen molar-refractivity contribution in [3.63, 3.8) is 0 Å². The molecule has 0 aromatic heterocycles. The number of methoxy groups -OCH3 is 2. The van der Waals surface area contributed by atoms with E-state index in [1.165, 1.54) is 7.11 Å². The molecule has 1 aromatic carbocycles. The molecular formula is C17H25NO4. The second-order valence-corrected chi connectivity index (χ2v) is 5.76. The van der Waals surface area contributed by atoms with Gasteiger partial charge in [0.15, 0.2) is 0 Å². The molecule has 122 valence electrons. The molecule has 1 unspecified atom stereocenters. The van der Waals surface area contributed by atoms with Crippen LogP contribution in [0.25, 0.3) is 0 Å². The van der Waals surface area contributed by atoms with E-state index in [0.29, 0.717) is 30.3 Å². The molecule has 0 N–H and O–H groups in total. The number of amides is 1. The van der Waals surface area contributed by atoms with Crippen LogP contribution in [-0.2, 0) is 9.53 Å². The molecule has 0 bridgehead atoms. The first-order valence-electron chi connectivity index (χ1n) is 7.40. The summed E-state index contributed by atoms with van der Waals surface area (Å²) in [6, 6.07) is 7.03. The first kappa shape index (κ1) is 18.0. The monoisotopic (exact) mass is 307 g/mol. The van der Waals surface area contributed by atoms with Crippen molar-refractivity contribution < 1.29 is 19.1 Å². The van der Waals surface area contributed by atoms with Gasteiger partial charge in [-0.3, -0.25) is 9.59 Å². The van der Waals surface area contributed by atoms with Gasteiger partial charge in [0.05, 0.1) is 20.1 Å². The summed E-state index contributed by atoms with van der Waals surface area (Å²) in [6.45, 7) is 6.75. The van der Waals surface area contributed by atoms with Crippen LogP contribution in [0.2, 0.25) is 0 Å². The summed E-state index contributed by atoms with van der Waals surface area (Å²) < 4.78 is 9.90. The van der Waals surface area contributed by atoms with E-state index < -0.39 is 0 Å². The minimum absolute atomic E-state index is 0.108. The van der Waals surface area contributed by atoms with Gasteiger partial charge >= 0.3 is 5.97 Å². The number of hydrogen-bond donors (Lipinski definition) is 0. The molecule has 1 aromatic rings. The third kappa shape index (κ3) is 5.06. The Labute approximate surface area is 132 Å². The quantitative estimate of drug-likeness (QED) is 0.727. The van der Waals surface area contributed by atoms with Gasteiger partial charge in [-0.05, 0) is 24.1 Å². The summed E-state index contributed by atoms with van der Waals surface area (Å²) in [5.41, 5.74) is 0.553. The molecule has 1 rings (SSSR count). The second-order valence-electron chi connectivity index (χ2n) is 5.76. The number of esters is 1. The normalized spacial score (nSPS) is 11.9. The Balaban J connectivity index is 2.94. The summed E-state index contributed by atoms with van der Waals surface area (Å²) in [7, 11) is 2.92. The lowest BCUT2D eigenvalue weighted by Gasteiger charge is -2.27. The summed E-state index contributed by atoms with van der Waals surface area (Å²) in [6.07, 6.45) is 0. The van der Waals surface area contributed by atoms with Gasteiger partial charge in [0.1, 0.15) is 5.75 Å². The standard InChI is InChI=1S/C17H25NO4/c1-12(2)10-18(11-13(3)17(20)22-5)16(19)14-7-6-8-15(9-14)21-4/h6-9,12-13H,10-11H2,1-5H3. The third-order valence-electron chi connectivity index (χ3n) is 3.29. The molecule has 0 radical (unpaired) electrons. The highest BCUT2D eigenvalue weighted by Crippen LogP contribution is 2.16. The van der Waals surface area contributed by atoms with Crippen LogP contribution in [0.1, 0.15) is 31.1 Å². The van der Waals surface area contributed by atoms with E-state index in [4.69, 9.17) is 9.47 Å². The van der Waals surface area contributed by atoms with E-state index in [9.17, 15) is 9.59 Å². The molecule has 5 heteroatoms. The number of benzene rings is 1. The van der Waals surface area contributed by atoms with Crippen LogP contribution in [0.15, 0.2) is 24.3 Å². The molecule has 0 aliphatic heterocycles. The van der Waals surface area contributed by atoms with Gasteiger partial charge in [-0.2, -0.15) is 0 Å². The Kier molecular flexibility index (Phi) is 6.89. The lowest BCUT2D eigenvalue weighted by atomic mass is 10.1. The topological polar surface area (TPSA) is 55.8 Å². The maximum Gasteiger partial charge on any atom is 0.310 e. The van der Waals surface area contributed by atoms with Crippen LogP contribution in [0.3, 0.4) is 0 Å². The van der Waals surface area contributed by atoms with Crippen LogP contribution in [0.4, 0.5) is 0 Å². The van der Waals surface area contributed by atoms with Crippen molar-refractivity contribution in [2.45, 2.75) is 20.8 Å². The minimum Gasteiger partial charge on any atom is -0.497 e. The average molecular weight is 307 g/mol. The van der Waals surface area contributed by atoms with Gasteiger partial charge in [-0.1, -0.05) is 26.8 Å². The summed E-state index contributed by atoms with van der Waals surface area (Å²) in [5.74, 6) is 0.157. The highest BCUT2D eigenvalue weighted by atomic mass is 16.5. The molecule has 0 saturated carbocycles. The van der Waals surface area contributed by atoms with Crippen molar-refractivity contribution >= 4 is 11.9 Å². The zero-order valence-corrected chi connectivity index (χ0v) is 14.0. The number of carbonyl (C=O) groups is 2. The summed E-state index contributed by atoms with van der Waals surface area (Å²) in [5, 5.41) is 0. The van der Waals surface area contributed by atoms with E-state index in [1.54, 1.807) is 43.2 Å². The molecule has 0 aliphatic carbocycles. The van der Waals surface area contributed by atoms with Gasteiger partial charge in [-0.25, -0.2) is 0 Å². The minimum atomic E-state index is -0.363. The molecule has 0 aliphatic rings. The maximum absolute atomic E-state index is 12.7. The van der Waals surface area contributed by atoms with Crippen LogP contribution < -0.4 is 4.74 Å². The SMILES string of the molecule is COC(=O)C(C)CN(CC(C)C)C(=O)c1cccc(OC)c1. The van der Waals surface area contributed by atoms with Crippen LogP contribution in [-0.4, -0.2) is 44.1 Å².